The number of carbonyl (C=O) groups is 1. The van der Waals surface area contributed by atoms with Crippen LogP contribution in [0.1, 0.15) is 30.1 Å². The van der Waals surface area contributed by atoms with E-state index in [1.54, 1.807) is 6.20 Å². The standard InChI is InChI=1S/C16H19N3O/c1-2-8-16(17)10-19(11-16)15(20)13-7-3-5-12-6-4-9-18-14(12)13/h3-7,9H,2,8,10-11,17H2,1H3. The number of amides is 1. The zero-order chi connectivity index (χ0) is 14.2. The van der Waals surface area contributed by atoms with E-state index in [1.807, 2.05) is 35.2 Å². The SMILES string of the molecule is CCCC1(N)CN(C(=O)c2cccc3cccnc23)C1. The van der Waals surface area contributed by atoms with Crippen molar-refractivity contribution in [3.8, 4) is 0 Å². The fourth-order valence-electron chi connectivity index (χ4n) is 2.96. The maximum Gasteiger partial charge on any atom is 0.256 e. The van der Waals surface area contributed by atoms with E-state index in [1.165, 1.54) is 0 Å². The lowest BCUT2D eigenvalue weighted by molar-refractivity contribution is 0.0388. The number of hydrogen-bond acceptors (Lipinski definition) is 3. The maximum absolute atomic E-state index is 12.6. The first-order valence-electron chi connectivity index (χ1n) is 7.05. The van der Waals surface area contributed by atoms with Crippen LogP contribution in [-0.2, 0) is 0 Å². The average molecular weight is 269 g/mol. The Bertz CT molecular complexity index is 642. The molecule has 1 aromatic carbocycles. The van der Waals surface area contributed by atoms with Gasteiger partial charge in [0.05, 0.1) is 16.6 Å². The summed E-state index contributed by atoms with van der Waals surface area (Å²) < 4.78 is 0. The average Bonchev–Trinajstić information content (AvgIpc) is 2.43. The van der Waals surface area contributed by atoms with Gasteiger partial charge in [-0.05, 0) is 18.6 Å². The number of carbonyl (C=O) groups excluding carboxylic acids is 1. The summed E-state index contributed by atoms with van der Waals surface area (Å²) in [6.07, 6.45) is 3.73. The van der Waals surface area contributed by atoms with E-state index in [2.05, 4.69) is 11.9 Å². The van der Waals surface area contributed by atoms with Crippen molar-refractivity contribution in [2.45, 2.75) is 25.3 Å². The fourth-order valence-corrected chi connectivity index (χ4v) is 2.96. The predicted molar refractivity (Wildman–Crippen MR) is 79.5 cm³/mol. The van der Waals surface area contributed by atoms with Crippen LogP contribution in [0.4, 0.5) is 0 Å². The number of nitrogens with zero attached hydrogens (tertiary/aromatic N) is 2. The molecular formula is C16H19N3O. The second-order valence-electron chi connectivity index (χ2n) is 5.65. The number of likely N-dealkylation sites (tertiary alicyclic amines) is 1. The third-order valence-electron chi connectivity index (χ3n) is 3.91. The van der Waals surface area contributed by atoms with Crippen LogP contribution in [0.2, 0.25) is 0 Å². The van der Waals surface area contributed by atoms with Crippen LogP contribution in [-0.4, -0.2) is 34.4 Å². The number of para-hydroxylation sites is 1. The highest BCUT2D eigenvalue weighted by Crippen LogP contribution is 2.26. The number of fused-ring (bicyclic) bond motifs is 1. The first kappa shape index (κ1) is 13.1. The molecule has 0 saturated carbocycles. The third kappa shape index (κ3) is 2.16. The Kier molecular flexibility index (Phi) is 3.18. The minimum absolute atomic E-state index is 0.0338. The summed E-state index contributed by atoms with van der Waals surface area (Å²) >= 11 is 0. The summed E-state index contributed by atoms with van der Waals surface area (Å²) in [5.41, 5.74) is 7.47. The fraction of sp³-hybridized carbons (Fsp3) is 0.375. The lowest BCUT2D eigenvalue weighted by Crippen LogP contribution is -2.68. The largest absolute Gasteiger partial charge is 0.335 e. The van der Waals surface area contributed by atoms with Gasteiger partial charge in [-0.1, -0.05) is 31.5 Å². The Labute approximate surface area is 118 Å². The van der Waals surface area contributed by atoms with Crippen molar-refractivity contribution in [2.24, 2.45) is 5.73 Å². The van der Waals surface area contributed by atoms with E-state index in [0.717, 1.165) is 23.7 Å². The molecule has 0 unspecified atom stereocenters. The van der Waals surface area contributed by atoms with Crippen molar-refractivity contribution < 1.29 is 4.79 Å². The molecule has 2 heterocycles. The first-order valence-corrected chi connectivity index (χ1v) is 7.05. The van der Waals surface area contributed by atoms with Gasteiger partial charge in [0.25, 0.3) is 5.91 Å². The van der Waals surface area contributed by atoms with E-state index in [9.17, 15) is 4.79 Å². The van der Waals surface area contributed by atoms with Crippen LogP contribution >= 0.6 is 0 Å². The molecule has 1 fully saturated rings. The van der Waals surface area contributed by atoms with Crippen molar-refractivity contribution >= 4 is 16.8 Å². The van der Waals surface area contributed by atoms with Crippen LogP contribution in [0.3, 0.4) is 0 Å². The normalized spacial score (nSPS) is 17.0. The number of rotatable bonds is 3. The second kappa shape index (κ2) is 4.87. The van der Waals surface area contributed by atoms with E-state index in [-0.39, 0.29) is 11.4 Å². The van der Waals surface area contributed by atoms with Crippen LogP contribution < -0.4 is 5.73 Å². The molecule has 1 amide bonds. The van der Waals surface area contributed by atoms with E-state index in [4.69, 9.17) is 5.73 Å². The zero-order valence-corrected chi connectivity index (χ0v) is 11.7. The zero-order valence-electron chi connectivity index (χ0n) is 11.7. The highest BCUT2D eigenvalue weighted by Gasteiger charge is 2.41. The molecule has 1 aliphatic heterocycles. The Morgan fingerprint density at radius 1 is 1.35 bits per heavy atom. The molecule has 1 aliphatic rings. The van der Waals surface area contributed by atoms with Gasteiger partial charge in [-0.3, -0.25) is 9.78 Å². The minimum atomic E-state index is -0.192. The Morgan fingerprint density at radius 2 is 2.10 bits per heavy atom. The van der Waals surface area contributed by atoms with Crippen LogP contribution in [0.15, 0.2) is 36.5 Å². The quantitative estimate of drug-likeness (QED) is 0.929. The van der Waals surface area contributed by atoms with Gasteiger partial charge in [-0.15, -0.1) is 0 Å². The molecule has 4 heteroatoms. The topological polar surface area (TPSA) is 59.2 Å². The van der Waals surface area contributed by atoms with E-state index in [0.29, 0.717) is 18.7 Å². The van der Waals surface area contributed by atoms with Crippen molar-refractivity contribution in [3.63, 3.8) is 0 Å². The van der Waals surface area contributed by atoms with Crippen molar-refractivity contribution in [1.82, 2.24) is 9.88 Å². The molecule has 0 bridgehead atoms. The summed E-state index contributed by atoms with van der Waals surface area (Å²) in [6.45, 7) is 3.40. The molecule has 0 radical (unpaired) electrons. The first-order chi connectivity index (χ1) is 9.63. The highest BCUT2D eigenvalue weighted by molar-refractivity contribution is 6.05. The number of pyridine rings is 1. The molecule has 0 spiro atoms. The predicted octanol–water partition coefficient (Wildman–Crippen LogP) is 2.19. The van der Waals surface area contributed by atoms with Crippen LogP contribution in [0.25, 0.3) is 10.9 Å². The van der Waals surface area contributed by atoms with Gasteiger partial charge < -0.3 is 10.6 Å². The minimum Gasteiger partial charge on any atom is -0.335 e. The number of nitrogens with two attached hydrogens (primary N) is 1. The van der Waals surface area contributed by atoms with Crippen molar-refractivity contribution in [1.29, 1.82) is 0 Å². The molecular weight excluding hydrogens is 250 g/mol. The molecule has 4 nitrogen and oxygen atoms in total. The highest BCUT2D eigenvalue weighted by atomic mass is 16.2. The Morgan fingerprint density at radius 3 is 2.85 bits per heavy atom. The van der Waals surface area contributed by atoms with Gasteiger partial charge in [0.1, 0.15) is 0 Å². The molecule has 2 aromatic rings. The Balaban J connectivity index is 1.84. The van der Waals surface area contributed by atoms with Gasteiger partial charge in [0.15, 0.2) is 0 Å². The molecule has 3 rings (SSSR count). The number of aromatic nitrogens is 1. The molecule has 104 valence electrons. The van der Waals surface area contributed by atoms with Crippen LogP contribution in [0.5, 0.6) is 0 Å². The van der Waals surface area contributed by atoms with E-state index >= 15 is 0 Å². The van der Waals surface area contributed by atoms with Gasteiger partial charge in [0, 0.05) is 24.7 Å². The second-order valence-corrected chi connectivity index (χ2v) is 5.65. The summed E-state index contributed by atoms with van der Waals surface area (Å²) in [4.78, 5) is 18.7. The lowest BCUT2D eigenvalue weighted by Gasteiger charge is -2.47. The molecule has 1 saturated heterocycles. The van der Waals surface area contributed by atoms with Gasteiger partial charge in [-0.25, -0.2) is 0 Å². The summed E-state index contributed by atoms with van der Waals surface area (Å²) in [7, 11) is 0. The van der Waals surface area contributed by atoms with Gasteiger partial charge >= 0.3 is 0 Å². The lowest BCUT2D eigenvalue weighted by atomic mass is 9.86. The smallest absolute Gasteiger partial charge is 0.256 e. The Hall–Kier alpha value is -1.94. The molecule has 2 N–H and O–H groups in total. The van der Waals surface area contributed by atoms with Gasteiger partial charge in [-0.2, -0.15) is 0 Å². The number of benzene rings is 1. The third-order valence-corrected chi connectivity index (χ3v) is 3.91. The van der Waals surface area contributed by atoms with Crippen LogP contribution in [0, 0.1) is 0 Å². The number of hydrogen-bond donors (Lipinski definition) is 1. The van der Waals surface area contributed by atoms with E-state index < -0.39 is 0 Å². The summed E-state index contributed by atoms with van der Waals surface area (Å²) in [6, 6.07) is 9.57. The molecule has 1 aromatic heterocycles. The summed E-state index contributed by atoms with van der Waals surface area (Å²) in [5.74, 6) is 0.0338. The molecule has 0 aliphatic carbocycles. The molecule has 0 atom stereocenters. The summed E-state index contributed by atoms with van der Waals surface area (Å²) in [5, 5.41) is 0.992. The van der Waals surface area contributed by atoms with Crippen molar-refractivity contribution in [3.05, 3.63) is 42.1 Å². The molecule has 20 heavy (non-hydrogen) atoms. The monoisotopic (exact) mass is 269 g/mol. The van der Waals surface area contributed by atoms with Crippen molar-refractivity contribution in [2.75, 3.05) is 13.1 Å². The maximum atomic E-state index is 12.6. The van der Waals surface area contributed by atoms with Gasteiger partial charge in [0.2, 0.25) is 0 Å².